The molecule has 2 aromatic carbocycles. The van der Waals surface area contributed by atoms with Gasteiger partial charge in [0.2, 0.25) is 0 Å². The second-order valence-corrected chi connectivity index (χ2v) is 9.30. The van der Waals surface area contributed by atoms with Gasteiger partial charge in [0.25, 0.3) is 10.0 Å². The van der Waals surface area contributed by atoms with Gasteiger partial charge in [0.15, 0.2) is 0 Å². The largest absolute Gasteiger partial charge is 0.488 e. The Morgan fingerprint density at radius 2 is 1.84 bits per heavy atom. The fraction of sp³-hybridized carbons (Fsp3) is 0.400. The van der Waals surface area contributed by atoms with E-state index in [1.807, 2.05) is 24.3 Å². The van der Waals surface area contributed by atoms with Crippen LogP contribution in [0.15, 0.2) is 47.4 Å². The van der Waals surface area contributed by atoms with Crippen molar-refractivity contribution in [3.8, 4) is 5.75 Å². The Morgan fingerprint density at radius 3 is 2.68 bits per heavy atom. The maximum absolute atomic E-state index is 13.2. The number of rotatable bonds is 2. The highest BCUT2D eigenvalue weighted by atomic mass is 32.2. The molecule has 0 bridgehead atoms. The Labute approximate surface area is 149 Å². The molecule has 132 valence electrons. The predicted octanol–water partition coefficient (Wildman–Crippen LogP) is 3.93. The van der Waals surface area contributed by atoms with Gasteiger partial charge < -0.3 is 4.74 Å². The van der Waals surface area contributed by atoms with Crippen LogP contribution < -0.4 is 9.04 Å². The van der Waals surface area contributed by atoms with Crippen molar-refractivity contribution in [2.75, 3.05) is 10.8 Å². The van der Waals surface area contributed by atoms with Crippen molar-refractivity contribution in [3.05, 3.63) is 53.6 Å². The smallest absolute Gasteiger partial charge is 0.264 e. The maximum Gasteiger partial charge on any atom is 0.264 e. The summed E-state index contributed by atoms with van der Waals surface area (Å²) in [4.78, 5) is 0.353. The molecule has 4 rings (SSSR count). The van der Waals surface area contributed by atoms with Crippen LogP contribution in [0.5, 0.6) is 5.75 Å². The van der Waals surface area contributed by atoms with Crippen molar-refractivity contribution >= 4 is 15.7 Å². The van der Waals surface area contributed by atoms with Crippen LogP contribution in [0.1, 0.15) is 37.8 Å². The molecule has 0 N–H and O–H groups in total. The number of aryl methyl sites for hydroxylation is 2. The van der Waals surface area contributed by atoms with E-state index in [-0.39, 0.29) is 5.60 Å². The zero-order valence-corrected chi connectivity index (χ0v) is 15.5. The minimum absolute atomic E-state index is 0.195. The summed E-state index contributed by atoms with van der Waals surface area (Å²) in [7, 11) is -3.56. The molecule has 0 radical (unpaired) electrons. The van der Waals surface area contributed by atoms with Gasteiger partial charge in [0.05, 0.1) is 10.6 Å². The van der Waals surface area contributed by atoms with Gasteiger partial charge in [0, 0.05) is 6.54 Å². The fourth-order valence-corrected chi connectivity index (χ4v) is 5.26. The van der Waals surface area contributed by atoms with E-state index in [0.717, 1.165) is 48.2 Å². The van der Waals surface area contributed by atoms with E-state index in [9.17, 15) is 8.42 Å². The zero-order valence-electron chi connectivity index (χ0n) is 14.7. The zero-order chi connectivity index (χ0) is 17.7. The van der Waals surface area contributed by atoms with Crippen LogP contribution in [0.4, 0.5) is 5.69 Å². The molecule has 0 aliphatic carbocycles. The monoisotopic (exact) mass is 357 g/mol. The number of hydrogen-bond donors (Lipinski definition) is 0. The molecule has 2 aromatic rings. The van der Waals surface area contributed by atoms with Gasteiger partial charge in [0.1, 0.15) is 11.4 Å². The van der Waals surface area contributed by atoms with Crippen molar-refractivity contribution in [2.45, 2.75) is 50.0 Å². The number of sulfonamides is 1. The number of benzene rings is 2. The Kier molecular flexibility index (Phi) is 3.80. The third-order valence-corrected chi connectivity index (χ3v) is 6.88. The average molecular weight is 357 g/mol. The van der Waals surface area contributed by atoms with Gasteiger partial charge >= 0.3 is 0 Å². The first-order valence-electron chi connectivity index (χ1n) is 8.79. The van der Waals surface area contributed by atoms with Gasteiger partial charge in [-0.15, -0.1) is 0 Å². The van der Waals surface area contributed by atoms with Crippen LogP contribution in [0, 0.1) is 0 Å². The first-order valence-corrected chi connectivity index (χ1v) is 10.2. The molecule has 0 saturated heterocycles. The van der Waals surface area contributed by atoms with Gasteiger partial charge in [-0.05, 0) is 74.9 Å². The molecule has 0 unspecified atom stereocenters. The van der Waals surface area contributed by atoms with Crippen LogP contribution in [-0.2, 0) is 22.9 Å². The third kappa shape index (κ3) is 2.91. The Morgan fingerprint density at radius 1 is 1.04 bits per heavy atom. The van der Waals surface area contributed by atoms with Crippen molar-refractivity contribution in [3.63, 3.8) is 0 Å². The standard InChI is InChI=1S/C20H23NO3S/c1-20(2)12-11-16-14-17(9-10-19(16)24-20)25(22,23)21-13-5-7-15-6-3-4-8-18(15)21/h3-4,6,8-10,14H,5,7,11-13H2,1-2H3. The average Bonchev–Trinajstić information content (AvgIpc) is 2.60. The predicted molar refractivity (Wildman–Crippen MR) is 98.8 cm³/mol. The highest BCUT2D eigenvalue weighted by molar-refractivity contribution is 7.92. The molecule has 0 saturated carbocycles. The molecular formula is C20H23NO3S. The molecule has 0 aromatic heterocycles. The summed E-state index contributed by atoms with van der Waals surface area (Å²) < 4.78 is 34.0. The first kappa shape index (κ1) is 16.5. The van der Waals surface area contributed by atoms with E-state index < -0.39 is 10.0 Å². The van der Waals surface area contributed by atoms with E-state index >= 15 is 0 Å². The summed E-state index contributed by atoms with van der Waals surface area (Å²) in [5, 5.41) is 0. The van der Waals surface area contributed by atoms with E-state index in [0.29, 0.717) is 11.4 Å². The minimum Gasteiger partial charge on any atom is -0.488 e. The number of hydrogen-bond acceptors (Lipinski definition) is 3. The van der Waals surface area contributed by atoms with Crippen molar-refractivity contribution in [2.24, 2.45) is 0 Å². The fourth-order valence-electron chi connectivity index (χ4n) is 3.67. The van der Waals surface area contributed by atoms with Crippen molar-refractivity contribution in [1.29, 1.82) is 0 Å². The Hall–Kier alpha value is -2.01. The summed E-state index contributed by atoms with van der Waals surface area (Å²) in [6, 6.07) is 13.0. The van der Waals surface area contributed by atoms with E-state index in [4.69, 9.17) is 4.74 Å². The third-order valence-electron chi connectivity index (χ3n) is 5.07. The lowest BCUT2D eigenvalue weighted by Crippen LogP contribution is -2.36. The van der Waals surface area contributed by atoms with E-state index in [1.165, 1.54) is 0 Å². The molecule has 2 heterocycles. The molecule has 0 amide bonds. The van der Waals surface area contributed by atoms with Gasteiger partial charge in [-0.1, -0.05) is 18.2 Å². The molecule has 5 heteroatoms. The van der Waals surface area contributed by atoms with Crippen molar-refractivity contribution in [1.82, 2.24) is 0 Å². The number of fused-ring (bicyclic) bond motifs is 2. The van der Waals surface area contributed by atoms with Gasteiger partial charge in [-0.3, -0.25) is 4.31 Å². The SMILES string of the molecule is CC1(C)CCc2cc(S(=O)(=O)N3CCCc4ccccc43)ccc2O1. The summed E-state index contributed by atoms with van der Waals surface area (Å²) in [5.41, 5.74) is 2.69. The lowest BCUT2D eigenvalue weighted by molar-refractivity contribution is 0.0845. The molecule has 0 atom stereocenters. The maximum atomic E-state index is 13.2. The first-order chi connectivity index (χ1) is 11.9. The lowest BCUT2D eigenvalue weighted by Gasteiger charge is -2.33. The lowest BCUT2D eigenvalue weighted by atomic mass is 9.94. The molecule has 2 aliphatic rings. The summed E-state index contributed by atoms with van der Waals surface area (Å²) in [6.07, 6.45) is 3.49. The summed E-state index contributed by atoms with van der Waals surface area (Å²) in [6.45, 7) is 4.65. The molecule has 25 heavy (non-hydrogen) atoms. The Balaban J connectivity index is 1.73. The highest BCUT2D eigenvalue weighted by Gasteiger charge is 2.31. The number of anilines is 1. The van der Waals surface area contributed by atoms with Crippen LogP contribution in [-0.4, -0.2) is 20.6 Å². The minimum atomic E-state index is -3.56. The normalized spacial score (nSPS) is 18.9. The van der Waals surface area contributed by atoms with Crippen LogP contribution >= 0.6 is 0 Å². The molecule has 2 aliphatic heterocycles. The van der Waals surface area contributed by atoms with E-state index in [1.54, 1.807) is 22.5 Å². The highest BCUT2D eigenvalue weighted by Crippen LogP contribution is 2.36. The van der Waals surface area contributed by atoms with Crippen LogP contribution in [0.25, 0.3) is 0 Å². The van der Waals surface area contributed by atoms with Gasteiger partial charge in [-0.25, -0.2) is 8.42 Å². The topological polar surface area (TPSA) is 46.6 Å². The molecule has 0 fully saturated rings. The quantitative estimate of drug-likeness (QED) is 0.818. The van der Waals surface area contributed by atoms with Gasteiger partial charge in [-0.2, -0.15) is 0 Å². The number of ether oxygens (including phenoxy) is 1. The number of para-hydroxylation sites is 1. The van der Waals surface area contributed by atoms with Crippen LogP contribution in [0.2, 0.25) is 0 Å². The van der Waals surface area contributed by atoms with Crippen molar-refractivity contribution < 1.29 is 13.2 Å². The summed E-state index contributed by atoms with van der Waals surface area (Å²) in [5.74, 6) is 0.800. The second-order valence-electron chi connectivity index (χ2n) is 7.44. The van der Waals surface area contributed by atoms with E-state index in [2.05, 4.69) is 13.8 Å². The number of nitrogens with zero attached hydrogens (tertiary/aromatic N) is 1. The molecular weight excluding hydrogens is 334 g/mol. The van der Waals surface area contributed by atoms with Crippen LogP contribution in [0.3, 0.4) is 0 Å². The summed E-state index contributed by atoms with van der Waals surface area (Å²) >= 11 is 0. The Bertz CT molecular complexity index is 918. The molecule has 0 spiro atoms. The molecule has 4 nitrogen and oxygen atoms in total. The second kappa shape index (κ2) is 5.77.